The predicted molar refractivity (Wildman–Crippen MR) is 114 cm³/mol. The molecular formula is C22H22N6O. The standard InChI is InChI=1S/C22H22N6O/c1-29-17-11-9-16(10-12-17)28-20(23)18-19(15-5-3-2-4-6-15)25-22(26-21(18)27-28)24-13-14-7-8-14/h2-6,9-12,14H,7-8,13,23H2,1H3,(H,24,26,27). The van der Waals surface area contributed by atoms with Crippen LogP contribution in [-0.4, -0.2) is 33.4 Å². The SMILES string of the molecule is COc1ccc(-n2nc3nc(NCC4CC4)nc(-c4ccccc4)c3c2N)cc1. The number of nitrogens with two attached hydrogens (primary N) is 1. The van der Waals surface area contributed by atoms with E-state index in [1.807, 2.05) is 54.6 Å². The first-order valence-electron chi connectivity index (χ1n) is 9.73. The van der Waals surface area contributed by atoms with E-state index in [-0.39, 0.29) is 0 Å². The van der Waals surface area contributed by atoms with Crippen LogP contribution in [0.25, 0.3) is 28.0 Å². The van der Waals surface area contributed by atoms with Gasteiger partial charge in [-0.1, -0.05) is 30.3 Å². The van der Waals surface area contributed by atoms with Gasteiger partial charge in [-0.2, -0.15) is 4.98 Å². The summed E-state index contributed by atoms with van der Waals surface area (Å²) in [5.41, 5.74) is 9.71. The lowest BCUT2D eigenvalue weighted by Gasteiger charge is -2.08. The molecule has 0 aliphatic heterocycles. The Labute approximate surface area is 168 Å². The largest absolute Gasteiger partial charge is 0.497 e. The third kappa shape index (κ3) is 3.35. The topological polar surface area (TPSA) is 90.9 Å². The molecule has 0 bridgehead atoms. The Morgan fingerprint density at radius 2 is 1.83 bits per heavy atom. The molecular weight excluding hydrogens is 364 g/mol. The lowest BCUT2D eigenvalue weighted by atomic mass is 10.1. The molecule has 1 aliphatic carbocycles. The van der Waals surface area contributed by atoms with Crippen LogP contribution >= 0.6 is 0 Å². The highest BCUT2D eigenvalue weighted by atomic mass is 16.5. The molecule has 29 heavy (non-hydrogen) atoms. The number of aromatic nitrogens is 4. The third-order valence-electron chi connectivity index (χ3n) is 5.18. The molecule has 0 unspecified atom stereocenters. The molecule has 1 saturated carbocycles. The van der Waals surface area contributed by atoms with Gasteiger partial charge >= 0.3 is 0 Å². The van der Waals surface area contributed by atoms with Crippen LogP contribution in [0, 0.1) is 5.92 Å². The van der Waals surface area contributed by atoms with Crippen molar-refractivity contribution >= 4 is 22.8 Å². The van der Waals surface area contributed by atoms with Crippen molar-refractivity contribution < 1.29 is 4.74 Å². The minimum Gasteiger partial charge on any atom is -0.497 e. The number of hydrogen-bond acceptors (Lipinski definition) is 6. The van der Waals surface area contributed by atoms with Gasteiger partial charge in [0.15, 0.2) is 5.65 Å². The van der Waals surface area contributed by atoms with Crippen molar-refractivity contribution in [3.8, 4) is 22.7 Å². The quantitative estimate of drug-likeness (QED) is 0.522. The van der Waals surface area contributed by atoms with E-state index in [4.69, 9.17) is 15.5 Å². The molecule has 0 amide bonds. The first kappa shape index (κ1) is 17.5. The fraction of sp³-hybridized carbons (Fsp3) is 0.227. The molecule has 4 aromatic rings. The van der Waals surface area contributed by atoms with Gasteiger partial charge in [-0.05, 0) is 43.0 Å². The monoisotopic (exact) mass is 386 g/mol. The van der Waals surface area contributed by atoms with Crippen molar-refractivity contribution in [2.75, 3.05) is 24.7 Å². The van der Waals surface area contributed by atoms with Gasteiger partial charge in [0.05, 0.1) is 23.9 Å². The summed E-state index contributed by atoms with van der Waals surface area (Å²) in [4.78, 5) is 9.43. The van der Waals surface area contributed by atoms with Crippen molar-refractivity contribution in [1.29, 1.82) is 0 Å². The Morgan fingerprint density at radius 3 is 2.52 bits per heavy atom. The van der Waals surface area contributed by atoms with Crippen LogP contribution in [0.3, 0.4) is 0 Å². The first-order valence-corrected chi connectivity index (χ1v) is 9.73. The van der Waals surface area contributed by atoms with Gasteiger partial charge in [0, 0.05) is 12.1 Å². The molecule has 7 nitrogen and oxygen atoms in total. The van der Waals surface area contributed by atoms with E-state index in [0.717, 1.165) is 40.5 Å². The molecule has 0 atom stereocenters. The third-order valence-corrected chi connectivity index (χ3v) is 5.18. The molecule has 0 radical (unpaired) electrons. The van der Waals surface area contributed by atoms with Gasteiger partial charge in [-0.3, -0.25) is 0 Å². The van der Waals surface area contributed by atoms with E-state index in [0.29, 0.717) is 17.4 Å². The van der Waals surface area contributed by atoms with Crippen LogP contribution in [-0.2, 0) is 0 Å². The second kappa shape index (κ2) is 7.09. The second-order valence-corrected chi connectivity index (χ2v) is 7.28. The van der Waals surface area contributed by atoms with Gasteiger partial charge in [0.2, 0.25) is 5.95 Å². The van der Waals surface area contributed by atoms with E-state index in [9.17, 15) is 0 Å². The molecule has 0 saturated heterocycles. The Kier molecular flexibility index (Phi) is 4.27. The Hall–Kier alpha value is -3.61. The molecule has 146 valence electrons. The second-order valence-electron chi connectivity index (χ2n) is 7.28. The van der Waals surface area contributed by atoms with Crippen LogP contribution in [0.15, 0.2) is 54.6 Å². The van der Waals surface area contributed by atoms with Crippen molar-refractivity contribution in [3.05, 3.63) is 54.6 Å². The number of nitrogens with zero attached hydrogens (tertiary/aromatic N) is 4. The van der Waals surface area contributed by atoms with E-state index in [1.54, 1.807) is 11.8 Å². The molecule has 3 N–H and O–H groups in total. The minimum atomic E-state index is 0.512. The van der Waals surface area contributed by atoms with Gasteiger partial charge in [0.1, 0.15) is 11.6 Å². The zero-order valence-corrected chi connectivity index (χ0v) is 16.2. The Morgan fingerprint density at radius 1 is 1.07 bits per heavy atom. The van der Waals surface area contributed by atoms with Crippen molar-refractivity contribution in [2.45, 2.75) is 12.8 Å². The van der Waals surface area contributed by atoms with Crippen LogP contribution < -0.4 is 15.8 Å². The number of benzene rings is 2. The number of ether oxygens (including phenoxy) is 1. The first-order chi connectivity index (χ1) is 14.2. The molecule has 0 spiro atoms. The van der Waals surface area contributed by atoms with Crippen molar-refractivity contribution in [2.24, 2.45) is 5.92 Å². The number of fused-ring (bicyclic) bond motifs is 1. The van der Waals surface area contributed by atoms with Crippen molar-refractivity contribution in [1.82, 2.24) is 19.7 Å². The summed E-state index contributed by atoms with van der Waals surface area (Å²) in [7, 11) is 1.64. The molecule has 5 rings (SSSR count). The maximum Gasteiger partial charge on any atom is 0.225 e. The summed E-state index contributed by atoms with van der Waals surface area (Å²) in [6, 6.07) is 17.6. The zero-order valence-electron chi connectivity index (χ0n) is 16.2. The summed E-state index contributed by atoms with van der Waals surface area (Å²) >= 11 is 0. The van der Waals surface area contributed by atoms with Crippen LogP contribution in [0.2, 0.25) is 0 Å². The van der Waals surface area contributed by atoms with Gasteiger partial charge in [-0.25, -0.2) is 9.67 Å². The van der Waals surface area contributed by atoms with E-state index < -0.39 is 0 Å². The predicted octanol–water partition coefficient (Wildman–Crippen LogP) is 3.90. The average Bonchev–Trinajstić information content (AvgIpc) is 3.55. The highest BCUT2D eigenvalue weighted by Crippen LogP contribution is 2.34. The smallest absolute Gasteiger partial charge is 0.225 e. The van der Waals surface area contributed by atoms with Gasteiger partial charge < -0.3 is 15.8 Å². The highest BCUT2D eigenvalue weighted by Gasteiger charge is 2.23. The number of rotatable bonds is 6. The Balaban J connectivity index is 1.65. The number of methoxy groups -OCH3 is 1. The lowest BCUT2D eigenvalue weighted by Crippen LogP contribution is -2.07. The minimum absolute atomic E-state index is 0.512. The molecule has 2 aromatic carbocycles. The number of nitrogen functional groups attached to an aromatic ring is 1. The average molecular weight is 386 g/mol. The fourth-order valence-electron chi connectivity index (χ4n) is 3.37. The number of hydrogen-bond donors (Lipinski definition) is 2. The summed E-state index contributed by atoms with van der Waals surface area (Å²) in [6.07, 6.45) is 2.53. The summed E-state index contributed by atoms with van der Waals surface area (Å²) in [5.74, 6) is 2.59. The van der Waals surface area contributed by atoms with E-state index >= 15 is 0 Å². The molecule has 2 heterocycles. The molecule has 2 aromatic heterocycles. The van der Waals surface area contributed by atoms with Crippen LogP contribution in [0.5, 0.6) is 5.75 Å². The Bertz CT molecular complexity index is 1150. The summed E-state index contributed by atoms with van der Waals surface area (Å²) in [5, 5.41) is 8.80. The number of anilines is 2. The summed E-state index contributed by atoms with van der Waals surface area (Å²) in [6.45, 7) is 0.883. The lowest BCUT2D eigenvalue weighted by molar-refractivity contribution is 0.414. The van der Waals surface area contributed by atoms with Gasteiger partial charge in [-0.15, -0.1) is 5.10 Å². The van der Waals surface area contributed by atoms with Crippen LogP contribution in [0.1, 0.15) is 12.8 Å². The van der Waals surface area contributed by atoms with Gasteiger partial charge in [0.25, 0.3) is 0 Å². The normalized spacial score (nSPS) is 13.6. The maximum atomic E-state index is 6.53. The summed E-state index contributed by atoms with van der Waals surface area (Å²) < 4.78 is 6.95. The van der Waals surface area contributed by atoms with Crippen LogP contribution in [0.4, 0.5) is 11.8 Å². The molecule has 7 heteroatoms. The zero-order chi connectivity index (χ0) is 19.8. The van der Waals surface area contributed by atoms with Crippen molar-refractivity contribution in [3.63, 3.8) is 0 Å². The van der Waals surface area contributed by atoms with E-state index in [2.05, 4.69) is 15.4 Å². The molecule has 1 fully saturated rings. The molecule has 1 aliphatic rings. The van der Waals surface area contributed by atoms with E-state index in [1.165, 1.54) is 12.8 Å². The fourth-order valence-corrected chi connectivity index (χ4v) is 3.37. The maximum absolute atomic E-state index is 6.53. The highest BCUT2D eigenvalue weighted by molar-refractivity contribution is 5.99. The number of nitrogens with one attached hydrogen (secondary N) is 1.